The number of nitrogens with one attached hydrogen (secondary N) is 2. The fourth-order valence-corrected chi connectivity index (χ4v) is 7.36. The van der Waals surface area contributed by atoms with E-state index in [9.17, 15) is 18.0 Å². The fourth-order valence-electron chi connectivity index (χ4n) is 6.48. The highest BCUT2D eigenvalue weighted by atomic mass is 32.2. The zero-order valence-corrected chi connectivity index (χ0v) is 26.5. The molecule has 2 amide bonds. The quantitative estimate of drug-likeness (QED) is 0.294. The third-order valence-electron chi connectivity index (χ3n) is 8.52. The topological polar surface area (TPSA) is 146 Å². The molecule has 3 aliphatic rings. The van der Waals surface area contributed by atoms with E-state index in [1.54, 1.807) is 43.9 Å². The van der Waals surface area contributed by atoms with Gasteiger partial charge in [0.25, 0.3) is 10.0 Å². The zero-order chi connectivity index (χ0) is 31.7. The molecule has 45 heavy (non-hydrogen) atoms. The first-order valence-corrected chi connectivity index (χ1v) is 16.8. The van der Waals surface area contributed by atoms with Crippen molar-refractivity contribution in [2.24, 2.45) is 5.92 Å². The number of carbonyl (C=O) groups excluding carboxylic acids is 2. The first-order chi connectivity index (χ1) is 21.4. The van der Waals surface area contributed by atoms with Crippen molar-refractivity contribution < 1.29 is 27.5 Å². The molecule has 3 aromatic heterocycles. The number of hydrogen-bond donors (Lipinski definition) is 2. The van der Waals surface area contributed by atoms with E-state index in [0.717, 1.165) is 65.6 Å². The molecule has 2 aliphatic carbocycles. The van der Waals surface area contributed by atoms with E-state index in [1.807, 2.05) is 13.0 Å². The number of fused-ring (bicyclic) bond motifs is 3. The molecule has 4 aromatic rings. The van der Waals surface area contributed by atoms with Crippen LogP contribution in [0.5, 0.6) is 0 Å². The third kappa shape index (κ3) is 5.48. The first kappa shape index (κ1) is 29.5. The molecule has 1 atom stereocenters. The van der Waals surface area contributed by atoms with Gasteiger partial charge in [-0.2, -0.15) is 13.5 Å². The highest BCUT2D eigenvalue weighted by Crippen LogP contribution is 2.45. The van der Waals surface area contributed by atoms with E-state index < -0.39 is 27.7 Å². The van der Waals surface area contributed by atoms with Crippen LogP contribution in [-0.4, -0.2) is 52.1 Å². The van der Waals surface area contributed by atoms with Gasteiger partial charge in [0.1, 0.15) is 17.4 Å². The van der Waals surface area contributed by atoms with Crippen LogP contribution in [0.25, 0.3) is 22.2 Å². The number of amides is 2. The number of aryl methyl sites for hydroxylation is 2. The number of urea groups is 1. The largest absolute Gasteiger partial charge is 0.443 e. The molecule has 1 unspecified atom stereocenters. The molecular weight excluding hydrogens is 596 g/mol. The summed E-state index contributed by atoms with van der Waals surface area (Å²) in [6.07, 6.45) is 7.08. The molecule has 4 heterocycles. The van der Waals surface area contributed by atoms with Crippen LogP contribution in [0.2, 0.25) is 0 Å². The number of benzene rings is 1. The van der Waals surface area contributed by atoms with Gasteiger partial charge in [-0.3, -0.25) is 4.68 Å². The van der Waals surface area contributed by atoms with Crippen molar-refractivity contribution >= 4 is 38.9 Å². The van der Waals surface area contributed by atoms with Gasteiger partial charge in [0.15, 0.2) is 5.03 Å². The van der Waals surface area contributed by atoms with Gasteiger partial charge in [0.2, 0.25) is 0 Å². The van der Waals surface area contributed by atoms with Crippen molar-refractivity contribution in [1.29, 1.82) is 0 Å². The second-order valence-electron chi connectivity index (χ2n) is 13.0. The summed E-state index contributed by atoms with van der Waals surface area (Å²) in [6, 6.07) is 6.37. The van der Waals surface area contributed by atoms with Crippen LogP contribution >= 0.6 is 0 Å². The SMILES string of the molecule is Cc1cc2c(c(NC(=O)NS(=O)(=O)c3cc4n(n3)CCOC4C3CC3)c1-c1ccnc3c1ccn3C(=O)OC(C)(C)C)CCC2. The Labute approximate surface area is 261 Å². The van der Waals surface area contributed by atoms with E-state index in [2.05, 4.69) is 26.2 Å². The minimum Gasteiger partial charge on any atom is -0.443 e. The second kappa shape index (κ2) is 10.7. The Morgan fingerprint density at radius 3 is 2.69 bits per heavy atom. The van der Waals surface area contributed by atoms with Gasteiger partial charge < -0.3 is 14.8 Å². The molecule has 1 aromatic carbocycles. The summed E-state index contributed by atoms with van der Waals surface area (Å²) in [4.78, 5) is 30.9. The fraction of sp³-hybridized carbons (Fsp3) is 0.438. The highest BCUT2D eigenvalue weighted by molar-refractivity contribution is 7.90. The number of hydrogen-bond acceptors (Lipinski definition) is 8. The van der Waals surface area contributed by atoms with Crippen LogP contribution in [0.15, 0.2) is 41.7 Å². The molecule has 236 valence electrons. The minimum absolute atomic E-state index is 0.177. The van der Waals surface area contributed by atoms with Crippen molar-refractivity contribution in [2.75, 3.05) is 11.9 Å². The second-order valence-corrected chi connectivity index (χ2v) is 14.6. The number of aromatic nitrogens is 4. The van der Waals surface area contributed by atoms with Crippen LogP contribution in [0.1, 0.15) is 68.5 Å². The van der Waals surface area contributed by atoms with Crippen molar-refractivity contribution in [2.45, 2.75) is 83.1 Å². The van der Waals surface area contributed by atoms with Gasteiger partial charge in [0.05, 0.1) is 24.5 Å². The van der Waals surface area contributed by atoms with Crippen molar-refractivity contribution in [1.82, 2.24) is 24.1 Å². The van der Waals surface area contributed by atoms with Gasteiger partial charge in [0, 0.05) is 29.4 Å². The number of rotatable bonds is 5. The summed E-state index contributed by atoms with van der Waals surface area (Å²) < 4.78 is 43.5. The summed E-state index contributed by atoms with van der Waals surface area (Å²) in [5.41, 5.74) is 5.45. The maximum Gasteiger partial charge on any atom is 0.420 e. The predicted octanol–water partition coefficient (Wildman–Crippen LogP) is 5.47. The Balaban J connectivity index is 1.23. The van der Waals surface area contributed by atoms with Crippen molar-refractivity contribution in [3.05, 3.63) is 59.0 Å². The lowest BCUT2D eigenvalue weighted by Gasteiger charge is -2.23. The smallest absolute Gasteiger partial charge is 0.420 e. The number of carbonyl (C=O) groups is 2. The molecule has 1 saturated carbocycles. The van der Waals surface area contributed by atoms with Gasteiger partial charge in [-0.05, 0) is 100 Å². The minimum atomic E-state index is -4.27. The van der Waals surface area contributed by atoms with Crippen LogP contribution in [0.3, 0.4) is 0 Å². The average molecular weight is 633 g/mol. The number of sulfonamides is 1. The molecule has 2 N–H and O–H groups in total. The van der Waals surface area contributed by atoms with E-state index in [4.69, 9.17) is 9.47 Å². The molecule has 1 aliphatic heterocycles. The zero-order valence-electron chi connectivity index (χ0n) is 25.7. The van der Waals surface area contributed by atoms with E-state index >= 15 is 0 Å². The van der Waals surface area contributed by atoms with Crippen LogP contribution in [0.4, 0.5) is 15.3 Å². The van der Waals surface area contributed by atoms with Gasteiger partial charge in [-0.25, -0.2) is 23.9 Å². The molecule has 13 heteroatoms. The summed E-state index contributed by atoms with van der Waals surface area (Å²) >= 11 is 0. The summed E-state index contributed by atoms with van der Waals surface area (Å²) in [7, 11) is -4.27. The van der Waals surface area contributed by atoms with E-state index in [-0.39, 0.29) is 11.1 Å². The molecule has 0 radical (unpaired) electrons. The Bertz CT molecular complexity index is 1970. The van der Waals surface area contributed by atoms with Crippen LogP contribution < -0.4 is 10.0 Å². The lowest BCUT2D eigenvalue weighted by Crippen LogP contribution is -2.35. The van der Waals surface area contributed by atoms with Gasteiger partial charge >= 0.3 is 12.1 Å². The predicted molar refractivity (Wildman–Crippen MR) is 167 cm³/mol. The molecule has 0 saturated heterocycles. The van der Waals surface area contributed by atoms with E-state index in [1.165, 1.54) is 10.6 Å². The number of anilines is 1. The van der Waals surface area contributed by atoms with Crippen molar-refractivity contribution in [3.8, 4) is 11.1 Å². The van der Waals surface area contributed by atoms with Crippen LogP contribution in [-0.2, 0) is 38.9 Å². The normalized spacial score (nSPS) is 18.0. The van der Waals surface area contributed by atoms with Crippen molar-refractivity contribution in [3.63, 3.8) is 0 Å². The summed E-state index contributed by atoms with van der Waals surface area (Å²) in [5.74, 6) is 0.370. The highest BCUT2D eigenvalue weighted by Gasteiger charge is 2.38. The van der Waals surface area contributed by atoms with Gasteiger partial charge in [-0.15, -0.1) is 0 Å². The monoisotopic (exact) mass is 632 g/mol. The number of pyridine rings is 1. The lowest BCUT2D eigenvalue weighted by molar-refractivity contribution is 0.00272. The number of nitrogens with zero attached hydrogens (tertiary/aromatic N) is 4. The first-order valence-electron chi connectivity index (χ1n) is 15.3. The summed E-state index contributed by atoms with van der Waals surface area (Å²) in [5, 5.41) is 7.69. The maximum atomic E-state index is 13.5. The van der Waals surface area contributed by atoms with E-state index in [0.29, 0.717) is 35.8 Å². The molecule has 0 bridgehead atoms. The Hall–Kier alpha value is -4.23. The Morgan fingerprint density at radius 2 is 1.93 bits per heavy atom. The maximum absolute atomic E-state index is 13.5. The standard InChI is InChI=1S/C32H36N6O6S/c1-18-16-20-6-5-7-21(20)27(26(18)22-10-12-33-29-23(22)11-13-37(29)31(40)44-32(2,3)4)34-30(39)36-45(41,42)25-17-24-28(19-8-9-19)43-15-14-38(24)35-25/h10-13,16-17,19,28H,5-9,14-15H2,1-4H3,(H2,34,36,39). The molecule has 0 spiro atoms. The average Bonchev–Trinajstić information content (AvgIpc) is 3.33. The molecular formula is C32H36N6O6S. The molecule has 7 rings (SSSR count). The number of ether oxygens (including phenoxy) is 2. The molecule has 1 fully saturated rings. The van der Waals surface area contributed by atoms with Crippen LogP contribution in [0, 0.1) is 12.8 Å². The lowest BCUT2D eigenvalue weighted by atomic mass is 9.92. The molecule has 12 nitrogen and oxygen atoms in total. The Morgan fingerprint density at radius 1 is 1.13 bits per heavy atom. The third-order valence-corrected chi connectivity index (χ3v) is 9.72. The Kier molecular flexibility index (Phi) is 7.00. The van der Waals surface area contributed by atoms with Gasteiger partial charge in [-0.1, -0.05) is 6.07 Å². The summed E-state index contributed by atoms with van der Waals surface area (Å²) in [6.45, 7) is 8.27.